The predicted molar refractivity (Wildman–Crippen MR) is 110 cm³/mol. The third-order valence-electron chi connectivity index (χ3n) is 4.77. The fourth-order valence-electron chi connectivity index (χ4n) is 3.42. The summed E-state index contributed by atoms with van der Waals surface area (Å²) >= 11 is 1.51. The van der Waals surface area contributed by atoms with Gasteiger partial charge in [-0.05, 0) is 30.9 Å². The van der Waals surface area contributed by atoms with E-state index in [4.69, 9.17) is 4.74 Å². The van der Waals surface area contributed by atoms with Gasteiger partial charge in [-0.15, -0.1) is 0 Å². The van der Waals surface area contributed by atoms with E-state index >= 15 is 0 Å². The van der Waals surface area contributed by atoms with E-state index in [1.165, 1.54) is 11.8 Å². The molecule has 0 bridgehead atoms. The summed E-state index contributed by atoms with van der Waals surface area (Å²) in [4.78, 5) is 26.7. The highest BCUT2D eigenvalue weighted by atomic mass is 32.2. The molecule has 0 radical (unpaired) electrons. The van der Waals surface area contributed by atoms with Gasteiger partial charge in [0.15, 0.2) is 5.69 Å². The smallest absolute Gasteiger partial charge is 0.272 e. The number of thioether (sulfide) groups is 1. The quantitative estimate of drug-likeness (QED) is 0.766. The number of carbonyl (C=O) groups is 2. The maximum absolute atomic E-state index is 12.6. The summed E-state index contributed by atoms with van der Waals surface area (Å²) in [6.07, 6.45) is 2.60. The first-order valence-electron chi connectivity index (χ1n) is 9.33. The van der Waals surface area contributed by atoms with Crippen LogP contribution in [0.3, 0.4) is 0 Å². The highest BCUT2D eigenvalue weighted by molar-refractivity contribution is 7.99. The Kier molecular flexibility index (Phi) is 6.61. The zero-order valence-electron chi connectivity index (χ0n) is 16.5. The molecule has 2 heterocycles. The lowest BCUT2D eigenvalue weighted by atomic mass is 10.0. The van der Waals surface area contributed by atoms with Crippen molar-refractivity contribution in [2.75, 3.05) is 32.2 Å². The van der Waals surface area contributed by atoms with Gasteiger partial charge in [-0.25, -0.2) is 0 Å². The molecule has 1 aliphatic heterocycles. The number of hydrogen-bond acceptors (Lipinski definition) is 5. The summed E-state index contributed by atoms with van der Waals surface area (Å²) in [6, 6.07) is 7.82. The van der Waals surface area contributed by atoms with E-state index in [1.54, 1.807) is 7.11 Å². The summed E-state index contributed by atoms with van der Waals surface area (Å²) in [5, 5.41) is 7.46. The molecule has 28 heavy (non-hydrogen) atoms. The first-order valence-corrected chi connectivity index (χ1v) is 10.7. The average Bonchev–Trinajstić information content (AvgIpc) is 3.06. The Balaban J connectivity index is 1.93. The number of nitrogens with one attached hydrogen (secondary N) is 1. The summed E-state index contributed by atoms with van der Waals surface area (Å²) in [7, 11) is 1.64. The molecule has 1 aromatic carbocycles. The van der Waals surface area contributed by atoms with Crippen LogP contribution in [0.15, 0.2) is 24.3 Å². The largest absolute Gasteiger partial charge is 0.497 e. The van der Waals surface area contributed by atoms with Crippen molar-refractivity contribution in [3.63, 3.8) is 0 Å². The minimum atomic E-state index is -0.192. The van der Waals surface area contributed by atoms with Crippen molar-refractivity contribution in [3.8, 4) is 5.75 Å². The van der Waals surface area contributed by atoms with E-state index in [0.29, 0.717) is 44.0 Å². The number of carbonyl (C=O) groups excluding carboxylic acids is 2. The summed E-state index contributed by atoms with van der Waals surface area (Å²) in [5.74, 6) is 1.14. The van der Waals surface area contributed by atoms with Gasteiger partial charge >= 0.3 is 0 Å². The number of ether oxygens (including phenoxy) is 1. The van der Waals surface area contributed by atoms with Crippen molar-refractivity contribution < 1.29 is 14.3 Å². The molecule has 0 unspecified atom stereocenters. The number of fused-ring (bicyclic) bond motifs is 1. The Morgan fingerprint density at radius 2 is 2.18 bits per heavy atom. The van der Waals surface area contributed by atoms with Crippen LogP contribution in [0.4, 0.5) is 0 Å². The zero-order valence-corrected chi connectivity index (χ0v) is 17.3. The summed E-state index contributed by atoms with van der Waals surface area (Å²) < 4.78 is 7.20. The minimum absolute atomic E-state index is 0.0977. The molecule has 0 spiro atoms. The molecular weight excluding hydrogens is 376 g/mol. The summed E-state index contributed by atoms with van der Waals surface area (Å²) in [5.41, 5.74) is 3.35. The number of nitrogens with zero attached hydrogens (tertiary/aromatic N) is 3. The number of hydrogen-bond donors (Lipinski definition) is 1. The summed E-state index contributed by atoms with van der Waals surface area (Å²) in [6.45, 7) is 4.04. The molecule has 7 nitrogen and oxygen atoms in total. The van der Waals surface area contributed by atoms with Gasteiger partial charge in [0.25, 0.3) is 5.91 Å². The lowest BCUT2D eigenvalue weighted by molar-refractivity contribution is -0.129. The number of aromatic nitrogens is 2. The molecule has 3 rings (SSSR count). The minimum Gasteiger partial charge on any atom is -0.497 e. The Morgan fingerprint density at radius 1 is 1.36 bits per heavy atom. The fourth-order valence-corrected chi connectivity index (χ4v) is 3.85. The van der Waals surface area contributed by atoms with Gasteiger partial charge in [-0.1, -0.05) is 12.1 Å². The second kappa shape index (κ2) is 9.14. The normalized spacial score (nSPS) is 13.2. The van der Waals surface area contributed by atoms with Crippen LogP contribution in [-0.2, 0) is 24.3 Å². The number of rotatable bonds is 7. The monoisotopic (exact) mass is 402 g/mol. The predicted octanol–water partition coefficient (Wildman–Crippen LogP) is 1.94. The third kappa shape index (κ3) is 4.32. The van der Waals surface area contributed by atoms with Crippen molar-refractivity contribution >= 4 is 23.6 Å². The Morgan fingerprint density at radius 3 is 2.89 bits per heavy atom. The van der Waals surface area contributed by atoms with Gasteiger partial charge in [-0.3, -0.25) is 14.3 Å². The molecule has 2 amide bonds. The Bertz CT molecular complexity index is 865. The number of methoxy groups -OCH3 is 1. The Labute approximate surface area is 169 Å². The van der Waals surface area contributed by atoms with Crippen LogP contribution in [-0.4, -0.2) is 58.7 Å². The van der Waals surface area contributed by atoms with Crippen LogP contribution >= 0.6 is 11.8 Å². The molecule has 1 aromatic heterocycles. The van der Waals surface area contributed by atoms with Crippen molar-refractivity contribution in [2.24, 2.45) is 0 Å². The van der Waals surface area contributed by atoms with Crippen LogP contribution in [0.25, 0.3) is 0 Å². The molecule has 0 saturated carbocycles. The lowest BCUT2D eigenvalue weighted by Crippen LogP contribution is -2.38. The molecule has 8 heteroatoms. The Hall–Kier alpha value is -2.48. The van der Waals surface area contributed by atoms with Crippen molar-refractivity contribution in [1.82, 2.24) is 20.0 Å². The molecule has 2 aromatic rings. The van der Waals surface area contributed by atoms with E-state index < -0.39 is 0 Å². The number of amides is 2. The van der Waals surface area contributed by atoms with Crippen LogP contribution in [0.1, 0.15) is 34.2 Å². The van der Waals surface area contributed by atoms with E-state index in [9.17, 15) is 9.59 Å². The highest BCUT2D eigenvalue weighted by Gasteiger charge is 2.29. The van der Waals surface area contributed by atoms with Crippen molar-refractivity contribution in [3.05, 3.63) is 46.8 Å². The standard InChI is InChI=1S/C20H26N4O3S/c1-4-21-20(26)19-16-12-23(18(25)13-28-3)9-8-17(16)24(22-19)11-14-6-5-7-15(10-14)27-2/h5-7,10H,4,8-9,11-13H2,1-3H3,(H,21,26). The second-order valence-corrected chi connectivity index (χ2v) is 7.51. The molecule has 1 N–H and O–H groups in total. The number of benzene rings is 1. The van der Waals surface area contributed by atoms with E-state index in [-0.39, 0.29) is 11.8 Å². The molecule has 0 fully saturated rings. The molecular formula is C20H26N4O3S. The van der Waals surface area contributed by atoms with Crippen LogP contribution in [0.5, 0.6) is 5.75 Å². The van der Waals surface area contributed by atoms with E-state index in [1.807, 2.05) is 47.0 Å². The molecule has 0 saturated heterocycles. The molecule has 0 atom stereocenters. The maximum atomic E-state index is 12.6. The highest BCUT2D eigenvalue weighted by Crippen LogP contribution is 2.25. The zero-order chi connectivity index (χ0) is 20.1. The van der Waals surface area contributed by atoms with Gasteiger partial charge in [0.2, 0.25) is 5.91 Å². The molecule has 1 aliphatic rings. The second-order valence-electron chi connectivity index (χ2n) is 6.64. The lowest BCUT2D eigenvalue weighted by Gasteiger charge is -2.27. The van der Waals surface area contributed by atoms with Crippen LogP contribution < -0.4 is 10.1 Å². The van der Waals surface area contributed by atoms with Gasteiger partial charge in [0.05, 0.1) is 19.4 Å². The fraction of sp³-hybridized carbons (Fsp3) is 0.450. The van der Waals surface area contributed by atoms with Gasteiger partial charge in [0.1, 0.15) is 5.75 Å². The van der Waals surface area contributed by atoms with Crippen LogP contribution in [0.2, 0.25) is 0 Å². The maximum Gasteiger partial charge on any atom is 0.272 e. The van der Waals surface area contributed by atoms with Crippen molar-refractivity contribution in [1.29, 1.82) is 0 Å². The molecule has 0 aliphatic carbocycles. The molecule has 150 valence electrons. The first-order chi connectivity index (χ1) is 13.6. The topological polar surface area (TPSA) is 76.5 Å². The van der Waals surface area contributed by atoms with Gasteiger partial charge < -0.3 is 15.0 Å². The third-order valence-corrected chi connectivity index (χ3v) is 5.31. The van der Waals surface area contributed by atoms with Gasteiger partial charge in [0, 0.05) is 37.3 Å². The first kappa shape index (κ1) is 20.3. The van der Waals surface area contributed by atoms with E-state index in [2.05, 4.69) is 10.4 Å². The van der Waals surface area contributed by atoms with Gasteiger partial charge in [-0.2, -0.15) is 16.9 Å². The van der Waals surface area contributed by atoms with Crippen LogP contribution in [0, 0.1) is 0 Å². The van der Waals surface area contributed by atoms with E-state index in [0.717, 1.165) is 22.6 Å². The average molecular weight is 403 g/mol. The SMILES string of the molecule is CCNC(=O)c1nn(Cc2cccc(OC)c2)c2c1CN(C(=O)CSC)CC2. The van der Waals surface area contributed by atoms with Crippen molar-refractivity contribution in [2.45, 2.75) is 26.4 Å².